The standard InChI is InChI=1S/C12H9ClN2O4/c13-11-5-9(15(17)18)6-14-12(11)19-10-3-1-8(7-16)2-4-10/h1-6,16H,7H2. The number of benzene rings is 1. The van der Waals surface area contributed by atoms with Crippen LogP contribution < -0.4 is 4.74 Å². The second-order valence-corrected chi connectivity index (χ2v) is 4.05. The number of hydrogen-bond acceptors (Lipinski definition) is 5. The van der Waals surface area contributed by atoms with Crippen LogP contribution in [0.25, 0.3) is 0 Å². The van der Waals surface area contributed by atoms with Crippen molar-refractivity contribution < 1.29 is 14.8 Å². The van der Waals surface area contributed by atoms with Gasteiger partial charge in [-0.2, -0.15) is 0 Å². The molecule has 1 N–H and O–H groups in total. The van der Waals surface area contributed by atoms with Crippen molar-refractivity contribution in [3.05, 3.63) is 57.2 Å². The van der Waals surface area contributed by atoms with Crippen molar-refractivity contribution in [2.75, 3.05) is 0 Å². The summed E-state index contributed by atoms with van der Waals surface area (Å²) < 4.78 is 5.40. The predicted molar refractivity (Wildman–Crippen MR) is 68.3 cm³/mol. The smallest absolute Gasteiger partial charge is 0.289 e. The average Bonchev–Trinajstić information content (AvgIpc) is 2.41. The fourth-order valence-corrected chi connectivity index (χ4v) is 1.56. The first-order valence-corrected chi connectivity index (χ1v) is 5.65. The van der Waals surface area contributed by atoms with Gasteiger partial charge >= 0.3 is 0 Å². The first kappa shape index (κ1) is 13.3. The summed E-state index contributed by atoms with van der Waals surface area (Å²) in [5.74, 6) is 0.560. The van der Waals surface area contributed by atoms with E-state index in [1.54, 1.807) is 24.3 Å². The van der Waals surface area contributed by atoms with Crippen LogP contribution in [0, 0.1) is 10.1 Å². The Hall–Kier alpha value is -2.18. The molecule has 19 heavy (non-hydrogen) atoms. The summed E-state index contributed by atoms with van der Waals surface area (Å²) >= 11 is 5.85. The van der Waals surface area contributed by atoms with Crippen molar-refractivity contribution in [1.82, 2.24) is 4.98 Å². The van der Waals surface area contributed by atoms with Gasteiger partial charge in [0.1, 0.15) is 17.0 Å². The van der Waals surface area contributed by atoms with E-state index in [1.165, 1.54) is 6.07 Å². The van der Waals surface area contributed by atoms with E-state index in [0.29, 0.717) is 5.75 Å². The molecule has 0 bridgehead atoms. The lowest BCUT2D eigenvalue weighted by Crippen LogP contribution is -1.93. The number of rotatable bonds is 4. The molecule has 0 amide bonds. The summed E-state index contributed by atoms with van der Waals surface area (Å²) in [6.45, 7) is -0.0587. The molecule has 1 heterocycles. The molecule has 1 aromatic carbocycles. The zero-order chi connectivity index (χ0) is 13.8. The first-order chi connectivity index (χ1) is 9.10. The minimum Gasteiger partial charge on any atom is -0.438 e. The molecule has 98 valence electrons. The van der Waals surface area contributed by atoms with Crippen molar-refractivity contribution in [3.8, 4) is 11.6 Å². The van der Waals surface area contributed by atoms with Gasteiger partial charge in [-0.1, -0.05) is 23.7 Å². The van der Waals surface area contributed by atoms with Crippen LogP contribution >= 0.6 is 11.6 Å². The number of ether oxygens (including phenoxy) is 1. The van der Waals surface area contributed by atoms with E-state index in [4.69, 9.17) is 21.4 Å². The Morgan fingerprint density at radius 1 is 1.37 bits per heavy atom. The van der Waals surface area contributed by atoms with Crippen LogP contribution in [0.15, 0.2) is 36.5 Å². The molecule has 0 aliphatic heterocycles. The van der Waals surface area contributed by atoms with Crippen molar-refractivity contribution >= 4 is 17.3 Å². The topological polar surface area (TPSA) is 85.5 Å². The summed E-state index contributed by atoms with van der Waals surface area (Å²) in [5.41, 5.74) is 0.545. The summed E-state index contributed by atoms with van der Waals surface area (Å²) in [4.78, 5) is 13.7. The zero-order valence-electron chi connectivity index (χ0n) is 9.62. The van der Waals surface area contributed by atoms with Gasteiger partial charge in [-0.25, -0.2) is 4.98 Å². The third-order valence-corrected chi connectivity index (χ3v) is 2.60. The van der Waals surface area contributed by atoms with Gasteiger partial charge in [-0.15, -0.1) is 0 Å². The highest BCUT2D eigenvalue weighted by molar-refractivity contribution is 6.32. The Labute approximate surface area is 113 Å². The van der Waals surface area contributed by atoms with Gasteiger partial charge in [0.05, 0.1) is 11.5 Å². The monoisotopic (exact) mass is 280 g/mol. The molecule has 2 rings (SSSR count). The highest BCUT2D eigenvalue weighted by atomic mass is 35.5. The molecule has 7 heteroatoms. The van der Waals surface area contributed by atoms with Crippen LogP contribution in [0.5, 0.6) is 11.6 Å². The Bertz CT molecular complexity index is 601. The van der Waals surface area contributed by atoms with Crippen LogP contribution in [0.4, 0.5) is 5.69 Å². The van der Waals surface area contributed by atoms with Gasteiger partial charge < -0.3 is 9.84 Å². The Balaban J connectivity index is 2.20. The predicted octanol–water partition coefficient (Wildman–Crippen LogP) is 2.93. The second kappa shape index (κ2) is 5.64. The lowest BCUT2D eigenvalue weighted by Gasteiger charge is -2.06. The minimum atomic E-state index is -0.585. The maximum absolute atomic E-state index is 10.5. The van der Waals surface area contributed by atoms with Gasteiger partial charge in [0.25, 0.3) is 5.69 Å². The summed E-state index contributed by atoms with van der Waals surface area (Å²) in [6.07, 6.45) is 1.07. The number of nitrogens with zero attached hydrogens (tertiary/aromatic N) is 2. The van der Waals surface area contributed by atoms with E-state index in [2.05, 4.69) is 4.98 Å². The molecular weight excluding hydrogens is 272 g/mol. The zero-order valence-corrected chi connectivity index (χ0v) is 10.4. The molecule has 0 atom stereocenters. The van der Waals surface area contributed by atoms with Crippen LogP contribution in [0.2, 0.25) is 5.02 Å². The Morgan fingerprint density at radius 3 is 2.58 bits per heavy atom. The van der Waals surface area contributed by atoms with E-state index in [-0.39, 0.29) is 23.2 Å². The number of aromatic nitrogens is 1. The molecule has 0 spiro atoms. The molecule has 0 aliphatic carbocycles. The van der Waals surface area contributed by atoms with Gasteiger partial charge in [-0.05, 0) is 17.7 Å². The van der Waals surface area contributed by atoms with E-state index in [1.807, 2.05) is 0 Å². The van der Waals surface area contributed by atoms with Gasteiger partial charge in [0.2, 0.25) is 5.88 Å². The average molecular weight is 281 g/mol. The largest absolute Gasteiger partial charge is 0.438 e. The maximum atomic E-state index is 10.5. The third kappa shape index (κ3) is 3.18. The second-order valence-electron chi connectivity index (χ2n) is 3.64. The maximum Gasteiger partial charge on any atom is 0.289 e. The van der Waals surface area contributed by atoms with E-state index in [9.17, 15) is 10.1 Å². The highest BCUT2D eigenvalue weighted by Gasteiger charge is 2.12. The minimum absolute atomic E-state index is 0.0560. The number of nitro groups is 1. The number of pyridine rings is 1. The molecule has 0 saturated heterocycles. The number of hydrogen-bond donors (Lipinski definition) is 1. The van der Waals surface area contributed by atoms with E-state index in [0.717, 1.165) is 11.8 Å². The fourth-order valence-electron chi connectivity index (χ4n) is 1.36. The molecule has 0 radical (unpaired) electrons. The van der Waals surface area contributed by atoms with Crippen molar-refractivity contribution in [3.63, 3.8) is 0 Å². The summed E-state index contributed by atoms with van der Waals surface area (Å²) in [7, 11) is 0. The summed E-state index contributed by atoms with van der Waals surface area (Å²) in [5, 5.41) is 19.5. The Morgan fingerprint density at radius 2 is 2.05 bits per heavy atom. The summed E-state index contributed by atoms with van der Waals surface area (Å²) in [6, 6.07) is 7.84. The highest BCUT2D eigenvalue weighted by Crippen LogP contribution is 2.29. The Kier molecular flexibility index (Phi) is 3.94. The molecule has 0 aliphatic rings. The molecule has 1 aromatic heterocycles. The number of aliphatic hydroxyl groups is 1. The third-order valence-electron chi connectivity index (χ3n) is 2.32. The van der Waals surface area contributed by atoms with Crippen molar-refractivity contribution in [1.29, 1.82) is 0 Å². The van der Waals surface area contributed by atoms with Crippen molar-refractivity contribution in [2.24, 2.45) is 0 Å². The fraction of sp³-hybridized carbons (Fsp3) is 0.0833. The van der Waals surface area contributed by atoms with E-state index < -0.39 is 4.92 Å². The lowest BCUT2D eigenvalue weighted by molar-refractivity contribution is -0.385. The van der Waals surface area contributed by atoms with Gasteiger partial charge in [-0.3, -0.25) is 10.1 Å². The molecule has 0 unspecified atom stereocenters. The van der Waals surface area contributed by atoms with Crippen LogP contribution in [0.1, 0.15) is 5.56 Å². The van der Waals surface area contributed by atoms with Crippen molar-refractivity contribution in [2.45, 2.75) is 6.61 Å². The number of aliphatic hydroxyl groups excluding tert-OH is 1. The van der Waals surface area contributed by atoms with Crippen LogP contribution in [-0.2, 0) is 6.61 Å². The molecular formula is C12H9ClN2O4. The first-order valence-electron chi connectivity index (χ1n) is 5.27. The molecule has 0 fully saturated rings. The number of halogens is 1. The molecule has 0 saturated carbocycles. The van der Waals surface area contributed by atoms with Gasteiger partial charge in [0, 0.05) is 6.07 Å². The molecule has 6 nitrogen and oxygen atoms in total. The van der Waals surface area contributed by atoms with Gasteiger partial charge in [0.15, 0.2) is 0 Å². The SMILES string of the molecule is O=[N+]([O-])c1cnc(Oc2ccc(CO)cc2)c(Cl)c1. The molecule has 2 aromatic rings. The lowest BCUT2D eigenvalue weighted by atomic mass is 10.2. The quantitative estimate of drug-likeness (QED) is 0.687. The van der Waals surface area contributed by atoms with Crippen LogP contribution in [-0.4, -0.2) is 15.0 Å². The van der Waals surface area contributed by atoms with E-state index >= 15 is 0 Å². The normalized spacial score (nSPS) is 10.2. The van der Waals surface area contributed by atoms with Crippen LogP contribution in [0.3, 0.4) is 0 Å².